The van der Waals surface area contributed by atoms with Crippen LogP contribution in [-0.2, 0) is 4.74 Å². The van der Waals surface area contributed by atoms with Gasteiger partial charge >= 0.3 is 6.09 Å². The molecule has 0 aliphatic carbocycles. The first-order chi connectivity index (χ1) is 7.19. The molecule has 0 N–H and O–H groups in total. The highest BCUT2D eigenvalue weighted by Crippen LogP contribution is 2.19. The molecule has 78 valence electrons. The Morgan fingerprint density at radius 2 is 2.40 bits per heavy atom. The van der Waals surface area contributed by atoms with Gasteiger partial charge in [-0.1, -0.05) is 23.6 Å². The molecule has 15 heavy (non-hydrogen) atoms. The van der Waals surface area contributed by atoms with E-state index in [0.29, 0.717) is 10.7 Å². The zero-order valence-corrected chi connectivity index (χ0v) is 8.99. The lowest BCUT2D eigenvalue weighted by atomic mass is 10.3. The van der Waals surface area contributed by atoms with Crippen molar-refractivity contribution in [2.75, 3.05) is 18.6 Å². The summed E-state index contributed by atoms with van der Waals surface area (Å²) in [7, 11) is 1.30. The minimum atomic E-state index is -0.504. The number of carbonyl (C=O) groups excluding carboxylic acids is 1. The molecule has 0 radical (unpaired) electrons. The molecule has 0 bridgehead atoms. The van der Waals surface area contributed by atoms with Crippen LogP contribution in [0.5, 0.6) is 0 Å². The number of nitrogens with zero attached hydrogens (tertiary/aromatic N) is 1. The number of rotatable bonds is 2. The summed E-state index contributed by atoms with van der Waals surface area (Å²) in [5, 5.41) is 0.540. The third-order valence-electron chi connectivity index (χ3n) is 1.76. The van der Waals surface area contributed by atoms with Gasteiger partial charge in [-0.3, -0.25) is 4.90 Å². The standard InChI is InChI=1S/C11H10ClNO2/c1-3-7-13(11(14)15-2)10-6-4-5-9(12)8-10/h1,4-6,8H,7H2,2H3. The molecule has 1 aromatic carbocycles. The first kappa shape index (κ1) is 11.4. The maximum atomic E-state index is 11.4. The van der Waals surface area contributed by atoms with Crippen LogP contribution in [0.2, 0.25) is 5.02 Å². The third-order valence-corrected chi connectivity index (χ3v) is 2.00. The van der Waals surface area contributed by atoms with Crippen LogP contribution in [0.25, 0.3) is 0 Å². The van der Waals surface area contributed by atoms with Crippen molar-refractivity contribution in [2.24, 2.45) is 0 Å². The molecule has 4 heteroatoms. The number of amides is 1. The Kier molecular flexibility index (Phi) is 4.02. The quantitative estimate of drug-likeness (QED) is 0.722. The molecule has 3 nitrogen and oxygen atoms in total. The van der Waals surface area contributed by atoms with Gasteiger partial charge in [0.1, 0.15) is 0 Å². The largest absolute Gasteiger partial charge is 0.452 e. The maximum absolute atomic E-state index is 11.4. The van der Waals surface area contributed by atoms with Gasteiger partial charge in [-0.2, -0.15) is 0 Å². The summed E-state index contributed by atoms with van der Waals surface area (Å²) in [5.41, 5.74) is 0.618. The molecule has 1 amide bonds. The van der Waals surface area contributed by atoms with Gasteiger partial charge in [-0.05, 0) is 18.2 Å². The highest BCUT2D eigenvalue weighted by atomic mass is 35.5. The van der Waals surface area contributed by atoms with E-state index in [1.807, 2.05) is 0 Å². The smallest absolute Gasteiger partial charge is 0.414 e. The second-order valence-corrected chi connectivity index (χ2v) is 3.18. The number of methoxy groups -OCH3 is 1. The SMILES string of the molecule is C#CCN(C(=O)OC)c1cccc(Cl)c1. The number of carbonyl (C=O) groups is 1. The number of terminal acetylenes is 1. The first-order valence-electron chi connectivity index (χ1n) is 4.23. The van der Waals surface area contributed by atoms with Crippen LogP contribution in [0.1, 0.15) is 0 Å². The van der Waals surface area contributed by atoms with Crippen molar-refractivity contribution in [3.05, 3.63) is 29.3 Å². The second kappa shape index (κ2) is 5.28. The third kappa shape index (κ3) is 2.90. The molecule has 0 saturated carbocycles. The number of ether oxygens (including phenoxy) is 1. The van der Waals surface area contributed by atoms with Crippen LogP contribution in [-0.4, -0.2) is 19.7 Å². The van der Waals surface area contributed by atoms with Crippen LogP contribution < -0.4 is 4.90 Å². The number of hydrogen-bond donors (Lipinski definition) is 0. The Morgan fingerprint density at radius 1 is 1.67 bits per heavy atom. The molecule has 0 atom stereocenters. The molecular formula is C11H10ClNO2. The van der Waals surface area contributed by atoms with Crippen molar-refractivity contribution in [3.8, 4) is 12.3 Å². The topological polar surface area (TPSA) is 29.5 Å². The van der Waals surface area contributed by atoms with E-state index in [0.717, 1.165) is 0 Å². The van der Waals surface area contributed by atoms with Gasteiger partial charge in [0.25, 0.3) is 0 Å². The number of halogens is 1. The minimum Gasteiger partial charge on any atom is -0.452 e. The van der Waals surface area contributed by atoms with E-state index in [1.54, 1.807) is 24.3 Å². The average molecular weight is 224 g/mol. The van der Waals surface area contributed by atoms with Gasteiger partial charge < -0.3 is 4.74 Å². The van der Waals surface area contributed by atoms with Crippen molar-refractivity contribution < 1.29 is 9.53 Å². The van der Waals surface area contributed by atoms with Crippen LogP contribution in [0, 0.1) is 12.3 Å². The molecule has 0 aliphatic heterocycles. The van der Waals surface area contributed by atoms with Gasteiger partial charge in [0.2, 0.25) is 0 Å². The number of hydrogen-bond acceptors (Lipinski definition) is 2. The van der Waals surface area contributed by atoms with Gasteiger partial charge in [0, 0.05) is 10.7 Å². The first-order valence-corrected chi connectivity index (χ1v) is 4.61. The molecule has 0 aromatic heterocycles. The van der Waals surface area contributed by atoms with Gasteiger partial charge in [0.15, 0.2) is 0 Å². The molecule has 0 heterocycles. The van der Waals surface area contributed by atoms with E-state index in [9.17, 15) is 4.79 Å². The lowest BCUT2D eigenvalue weighted by molar-refractivity contribution is 0.179. The second-order valence-electron chi connectivity index (χ2n) is 2.74. The molecule has 0 saturated heterocycles. The fraction of sp³-hybridized carbons (Fsp3) is 0.182. The molecule has 0 aliphatic rings. The molecular weight excluding hydrogens is 214 g/mol. The van der Waals surface area contributed by atoms with Gasteiger partial charge in [-0.25, -0.2) is 4.79 Å². The summed E-state index contributed by atoms with van der Waals surface area (Å²) in [4.78, 5) is 12.7. The van der Waals surface area contributed by atoms with Crippen molar-refractivity contribution in [1.82, 2.24) is 0 Å². The molecule has 0 fully saturated rings. The predicted molar refractivity (Wildman–Crippen MR) is 60.0 cm³/mol. The Bertz CT molecular complexity index is 398. The van der Waals surface area contributed by atoms with E-state index in [1.165, 1.54) is 12.0 Å². The fourth-order valence-corrected chi connectivity index (χ4v) is 1.29. The Morgan fingerprint density at radius 3 is 2.93 bits per heavy atom. The van der Waals surface area contributed by atoms with Crippen LogP contribution in [0.3, 0.4) is 0 Å². The Hall–Kier alpha value is -1.66. The van der Waals surface area contributed by atoms with Gasteiger partial charge in [0.05, 0.1) is 13.7 Å². The van der Waals surface area contributed by atoms with Crippen LogP contribution in [0.4, 0.5) is 10.5 Å². The zero-order valence-electron chi connectivity index (χ0n) is 8.24. The minimum absolute atomic E-state index is 0.146. The summed E-state index contributed by atoms with van der Waals surface area (Å²) in [6.45, 7) is 0.146. The molecule has 0 spiro atoms. The van der Waals surface area contributed by atoms with E-state index in [2.05, 4.69) is 10.7 Å². The van der Waals surface area contributed by atoms with Crippen molar-refractivity contribution in [2.45, 2.75) is 0 Å². The predicted octanol–water partition coefficient (Wildman–Crippen LogP) is 2.55. The monoisotopic (exact) mass is 223 g/mol. The van der Waals surface area contributed by atoms with Crippen molar-refractivity contribution in [3.63, 3.8) is 0 Å². The van der Waals surface area contributed by atoms with Gasteiger partial charge in [-0.15, -0.1) is 6.42 Å². The van der Waals surface area contributed by atoms with E-state index < -0.39 is 6.09 Å². The highest BCUT2D eigenvalue weighted by molar-refractivity contribution is 6.30. The lowest BCUT2D eigenvalue weighted by Crippen LogP contribution is -2.30. The summed E-state index contributed by atoms with van der Waals surface area (Å²) in [6, 6.07) is 6.84. The van der Waals surface area contributed by atoms with E-state index in [4.69, 9.17) is 18.0 Å². The molecule has 1 aromatic rings. The fourth-order valence-electron chi connectivity index (χ4n) is 1.11. The summed E-state index contributed by atoms with van der Waals surface area (Å²) < 4.78 is 4.61. The molecule has 0 unspecified atom stereocenters. The summed E-state index contributed by atoms with van der Waals surface area (Å²) >= 11 is 5.81. The normalized spacial score (nSPS) is 9.13. The highest BCUT2D eigenvalue weighted by Gasteiger charge is 2.14. The van der Waals surface area contributed by atoms with Crippen LogP contribution >= 0.6 is 11.6 Å². The Balaban J connectivity index is 2.99. The maximum Gasteiger partial charge on any atom is 0.414 e. The number of benzene rings is 1. The number of anilines is 1. The van der Waals surface area contributed by atoms with Crippen molar-refractivity contribution in [1.29, 1.82) is 0 Å². The summed E-state index contributed by atoms with van der Waals surface area (Å²) in [5.74, 6) is 2.38. The summed E-state index contributed by atoms with van der Waals surface area (Å²) in [6.07, 6.45) is 4.66. The van der Waals surface area contributed by atoms with E-state index in [-0.39, 0.29) is 6.54 Å². The Labute approximate surface area is 93.6 Å². The lowest BCUT2D eigenvalue weighted by Gasteiger charge is -2.18. The van der Waals surface area contributed by atoms with Crippen LogP contribution in [0.15, 0.2) is 24.3 Å². The van der Waals surface area contributed by atoms with E-state index >= 15 is 0 Å². The molecule has 1 rings (SSSR count). The van der Waals surface area contributed by atoms with Crippen molar-refractivity contribution >= 4 is 23.4 Å². The average Bonchev–Trinajstić information content (AvgIpc) is 2.25. The zero-order chi connectivity index (χ0) is 11.3.